The van der Waals surface area contributed by atoms with Crippen molar-refractivity contribution in [2.45, 2.75) is 39.7 Å². The fourth-order valence-corrected chi connectivity index (χ4v) is 2.57. The number of halogens is 1. The molecule has 0 radical (unpaired) electrons. The van der Waals surface area contributed by atoms with E-state index in [9.17, 15) is 4.39 Å². The fourth-order valence-electron chi connectivity index (χ4n) is 2.57. The Balaban J connectivity index is 2.33. The van der Waals surface area contributed by atoms with Crippen LogP contribution in [0.2, 0.25) is 0 Å². The van der Waals surface area contributed by atoms with Gasteiger partial charge in [-0.05, 0) is 25.8 Å². The van der Waals surface area contributed by atoms with Gasteiger partial charge in [0.1, 0.15) is 0 Å². The number of fused-ring (bicyclic) bond motifs is 1. The van der Waals surface area contributed by atoms with E-state index in [0.29, 0.717) is 0 Å². The highest BCUT2D eigenvalue weighted by atomic mass is 19.1. The summed E-state index contributed by atoms with van der Waals surface area (Å²) < 4.78 is 13.7. The second kappa shape index (κ2) is 3.84. The maximum atomic E-state index is 13.7. The quantitative estimate of drug-likeness (QED) is 0.684. The van der Waals surface area contributed by atoms with Crippen molar-refractivity contribution in [2.24, 2.45) is 5.92 Å². The minimum atomic E-state index is -0.0887. The number of hydrogen-bond donors (Lipinski definition) is 1. The molecule has 0 saturated carbocycles. The largest absolute Gasteiger partial charge is 0.355 e. The van der Waals surface area contributed by atoms with Crippen LogP contribution in [0.4, 0.5) is 4.39 Å². The summed E-state index contributed by atoms with van der Waals surface area (Å²) in [5.74, 6) is 0.171. The van der Waals surface area contributed by atoms with Crippen LogP contribution >= 0.6 is 0 Å². The van der Waals surface area contributed by atoms with Gasteiger partial charge in [0.25, 0.3) is 0 Å². The van der Waals surface area contributed by atoms with E-state index < -0.39 is 0 Å². The van der Waals surface area contributed by atoms with Crippen molar-refractivity contribution in [2.75, 3.05) is 0 Å². The topological polar surface area (TPSA) is 12.0 Å². The van der Waals surface area contributed by atoms with Crippen LogP contribution < -0.4 is 5.32 Å². The van der Waals surface area contributed by atoms with Crippen LogP contribution in [-0.4, -0.2) is 6.04 Å². The van der Waals surface area contributed by atoms with Crippen LogP contribution in [0, 0.1) is 5.92 Å². The SMILES string of the molecule is CCCC1=C(F)NC2C(C)=CC=C(C)C12. The average molecular weight is 207 g/mol. The van der Waals surface area contributed by atoms with Crippen LogP contribution in [0.5, 0.6) is 0 Å². The van der Waals surface area contributed by atoms with Gasteiger partial charge in [0.15, 0.2) is 5.95 Å². The summed E-state index contributed by atoms with van der Waals surface area (Å²) >= 11 is 0. The molecule has 0 saturated heterocycles. The molecule has 0 amide bonds. The Morgan fingerprint density at radius 3 is 2.60 bits per heavy atom. The van der Waals surface area contributed by atoms with Crippen LogP contribution in [0.25, 0.3) is 0 Å². The monoisotopic (exact) mass is 207 g/mol. The third-order valence-electron chi connectivity index (χ3n) is 3.38. The number of hydrogen-bond acceptors (Lipinski definition) is 1. The summed E-state index contributed by atoms with van der Waals surface area (Å²) in [6.07, 6.45) is 6.07. The van der Waals surface area contributed by atoms with Gasteiger partial charge in [0.2, 0.25) is 0 Å². The molecule has 0 bridgehead atoms. The molecule has 2 rings (SSSR count). The summed E-state index contributed by atoms with van der Waals surface area (Å²) in [6, 6.07) is 0.163. The summed E-state index contributed by atoms with van der Waals surface area (Å²) in [4.78, 5) is 0. The first-order valence-corrected chi connectivity index (χ1v) is 5.65. The van der Waals surface area contributed by atoms with Gasteiger partial charge in [0, 0.05) is 5.92 Å². The zero-order valence-corrected chi connectivity index (χ0v) is 9.60. The van der Waals surface area contributed by atoms with Crippen molar-refractivity contribution in [3.63, 3.8) is 0 Å². The molecule has 1 nitrogen and oxygen atoms in total. The predicted molar refractivity (Wildman–Crippen MR) is 61.0 cm³/mol. The Labute approximate surface area is 90.8 Å². The lowest BCUT2D eigenvalue weighted by atomic mass is 9.80. The zero-order chi connectivity index (χ0) is 11.0. The van der Waals surface area contributed by atoms with Gasteiger partial charge in [-0.15, -0.1) is 0 Å². The molecule has 0 aromatic carbocycles. The lowest BCUT2D eigenvalue weighted by Crippen LogP contribution is -2.32. The highest BCUT2D eigenvalue weighted by molar-refractivity contribution is 5.41. The van der Waals surface area contributed by atoms with Crippen molar-refractivity contribution in [1.29, 1.82) is 0 Å². The molecule has 0 spiro atoms. The van der Waals surface area contributed by atoms with E-state index in [4.69, 9.17) is 0 Å². The molecule has 2 atom stereocenters. The Bertz CT molecular complexity index is 363. The highest BCUT2D eigenvalue weighted by Crippen LogP contribution is 2.39. The van der Waals surface area contributed by atoms with E-state index in [2.05, 4.69) is 38.2 Å². The van der Waals surface area contributed by atoms with Crippen molar-refractivity contribution < 1.29 is 4.39 Å². The number of rotatable bonds is 2. The fraction of sp³-hybridized carbons (Fsp3) is 0.538. The third-order valence-corrected chi connectivity index (χ3v) is 3.38. The molecule has 2 heteroatoms. The third kappa shape index (κ3) is 1.62. The molecular formula is C13H18FN. The highest BCUT2D eigenvalue weighted by Gasteiger charge is 2.37. The normalized spacial score (nSPS) is 29.6. The van der Waals surface area contributed by atoms with Crippen LogP contribution in [0.15, 0.2) is 34.8 Å². The van der Waals surface area contributed by atoms with Crippen LogP contribution in [-0.2, 0) is 0 Å². The molecule has 1 aliphatic heterocycles. The molecule has 0 aromatic heterocycles. The van der Waals surface area contributed by atoms with E-state index >= 15 is 0 Å². The molecule has 1 heterocycles. The smallest absolute Gasteiger partial charge is 0.187 e. The molecule has 1 N–H and O–H groups in total. The maximum absolute atomic E-state index is 13.7. The van der Waals surface area contributed by atoms with Gasteiger partial charge in [-0.1, -0.05) is 36.6 Å². The lowest BCUT2D eigenvalue weighted by Gasteiger charge is -2.26. The Morgan fingerprint density at radius 1 is 1.27 bits per heavy atom. The molecule has 0 fully saturated rings. The van der Waals surface area contributed by atoms with Crippen molar-refractivity contribution in [1.82, 2.24) is 5.32 Å². The van der Waals surface area contributed by atoms with Crippen molar-refractivity contribution in [3.05, 3.63) is 34.8 Å². The standard InChI is InChI=1S/C13H18FN/c1-4-5-10-11-8(2)6-7-9(3)12(11)15-13(10)14/h6-7,11-12,15H,4-5H2,1-3H3. The summed E-state index contributed by atoms with van der Waals surface area (Å²) in [6.45, 7) is 6.25. The average Bonchev–Trinajstić information content (AvgIpc) is 2.53. The second-order valence-corrected chi connectivity index (χ2v) is 4.51. The molecule has 82 valence electrons. The Kier molecular flexibility index (Phi) is 2.68. The minimum Gasteiger partial charge on any atom is -0.355 e. The van der Waals surface area contributed by atoms with Crippen LogP contribution in [0.1, 0.15) is 33.6 Å². The Morgan fingerprint density at radius 2 is 1.93 bits per heavy atom. The van der Waals surface area contributed by atoms with Gasteiger partial charge >= 0.3 is 0 Å². The molecule has 2 aliphatic rings. The summed E-state index contributed by atoms with van der Waals surface area (Å²) in [5, 5.41) is 2.97. The van der Waals surface area contributed by atoms with Crippen molar-refractivity contribution >= 4 is 0 Å². The molecule has 0 aromatic rings. The predicted octanol–water partition coefficient (Wildman–Crippen LogP) is 3.46. The Hall–Kier alpha value is -1.05. The van der Waals surface area contributed by atoms with Gasteiger partial charge in [-0.2, -0.15) is 4.39 Å². The minimum absolute atomic E-state index is 0.0887. The summed E-state index contributed by atoms with van der Waals surface area (Å²) in [7, 11) is 0. The van der Waals surface area contributed by atoms with Crippen molar-refractivity contribution in [3.8, 4) is 0 Å². The zero-order valence-electron chi connectivity index (χ0n) is 9.60. The van der Waals surface area contributed by atoms with E-state index in [-0.39, 0.29) is 17.9 Å². The van der Waals surface area contributed by atoms with Gasteiger partial charge in [0.05, 0.1) is 6.04 Å². The van der Waals surface area contributed by atoms with Gasteiger partial charge in [-0.25, -0.2) is 0 Å². The van der Waals surface area contributed by atoms with E-state index in [1.807, 2.05) is 0 Å². The first kappa shape index (κ1) is 10.5. The van der Waals surface area contributed by atoms with Crippen LogP contribution in [0.3, 0.4) is 0 Å². The van der Waals surface area contributed by atoms with Gasteiger partial charge < -0.3 is 5.32 Å². The maximum Gasteiger partial charge on any atom is 0.187 e. The number of nitrogens with one attached hydrogen (secondary N) is 1. The van der Waals surface area contributed by atoms with E-state index in [1.54, 1.807) is 0 Å². The molecule has 2 unspecified atom stereocenters. The molecule has 1 aliphatic carbocycles. The second-order valence-electron chi connectivity index (χ2n) is 4.51. The first-order chi connectivity index (χ1) is 7.15. The van der Waals surface area contributed by atoms with Gasteiger partial charge in [-0.3, -0.25) is 0 Å². The molecule has 15 heavy (non-hydrogen) atoms. The first-order valence-electron chi connectivity index (χ1n) is 5.65. The lowest BCUT2D eigenvalue weighted by molar-refractivity contribution is 0.510. The van der Waals surface area contributed by atoms with E-state index in [1.165, 1.54) is 11.1 Å². The molecular weight excluding hydrogens is 189 g/mol. The van der Waals surface area contributed by atoms with E-state index in [0.717, 1.165) is 18.4 Å². The number of allylic oxidation sites excluding steroid dienone is 2. The summed E-state index contributed by atoms with van der Waals surface area (Å²) in [5.41, 5.74) is 3.46.